The molecule has 0 heterocycles. The number of carbonyl (C=O) groups excluding carboxylic acids is 1. The Morgan fingerprint density at radius 1 is 1.35 bits per heavy atom. The van der Waals surface area contributed by atoms with Crippen molar-refractivity contribution in [3.63, 3.8) is 0 Å². The maximum atomic E-state index is 11.8. The Kier molecular flexibility index (Phi) is 8.07. The molecule has 0 aliphatic heterocycles. The van der Waals surface area contributed by atoms with E-state index in [1.165, 1.54) is 5.56 Å². The van der Waals surface area contributed by atoms with Gasteiger partial charge in [-0.05, 0) is 12.6 Å². The molecule has 0 aliphatic carbocycles. The molecule has 20 heavy (non-hydrogen) atoms. The van der Waals surface area contributed by atoms with E-state index in [0.29, 0.717) is 5.75 Å². The van der Waals surface area contributed by atoms with Crippen molar-refractivity contribution in [1.29, 1.82) is 0 Å². The zero-order chi connectivity index (χ0) is 15.0. The molecule has 1 aromatic carbocycles. The Labute approximate surface area is 138 Å². The number of halogens is 3. The van der Waals surface area contributed by atoms with E-state index in [0.717, 1.165) is 5.75 Å². The van der Waals surface area contributed by atoms with Crippen molar-refractivity contribution in [2.75, 3.05) is 19.4 Å². The Morgan fingerprint density at radius 2 is 2.00 bits per heavy atom. The maximum Gasteiger partial charge on any atom is 0.324 e. The van der Waals surface area contributed by atoms with Gasteiger partial charge in [0.15, 0.2) is 0 Å². The molecular formula is C13H16Cl3NO2S. The predicted octanol–water partition coefficient (Wildman–Crippen LogP) is 3.42. The number of rotatable bonds is 7. The van der Waals surface area contributed by atoms with Gasteiger partial charge in [0.05, 0.1) is 0 Å². The molecule has 0 saturated carbocycles. The van der Waals surface area contributed by atoms with Gasteiger partial charge < -0.3 is 10.1 Å². The number of hydrogen-bond donors (Lipinski definition) is 1. The van der Waals surface area contributed by atoms with E-state index < -0.39 is 15.8 Å². The van der Waals surface area contributed by atoms with E-state index in [-0.39, 0.29) is 6.61 Å². The maximum absolute atomic E-state index is 11.8. The van der Waals surface area contributed by atoms with E-state index >= 15 is 0 Å². The highest BCUT2D eigenvalue weighted by Gasteiger charge is 2.25. The molecule has 0 unspecified atom stereocenters. The summed E-state index contributed by atoms with van der Waals surface area (Å²) in [7, 11) is 1.70. The number of ether oxygens (including phenoxy) is 1. The molecule has 0 bridgehead atoms. The van der Waals surface area contributed by atoms with Crippen molar-refractivity contribution in [2.45, 2.75) is 15.6 Å². The fourth-order valence-corrected chi connectivity index (χ4v) is 2.64. The normalized spacial score (nSPS) is 13.0. The molecule has 0 amide bonds. The van der Waals surface area contributed by atoms with Crippen LogP contribution in [0.15, 0.2) is 30.3 Å². The van der Waals surface area contributed by atoms with Crippen LogP contribution in [0.1, 0.15) is 5.56 Å². The third-order valence-corrected chi connectivity index (χ3v) is 3.84. The number of esters is 1. The van der Waals surface area contributed by atoms with Crippen LogP contribution in [0.3, 0.4) is 0 Å². The molecule has 7 heteroatoms. The lowest BCUT2D eigenvalue weighted by atomic mass is 10.2. The van der Waals surface area contributed by atoms with Crippen LogP contribution in [0, 0.1) is 0 Å². The minimum atomic E-state index is -1.58. The Hall–Kier alpha value is -0.130. The third-order valence-electron chi connectivity index (χ3n) is 2.41. The first-order valence-electron chi connectivity index (χ1n) is 5.94. The summed E-state index contributed by atoms with van der Waals surface area (Å²) < 4.78 is 3.37. The summed E-state index contributed by atoms with van der Waals surface area (Å²) in [5.74, 6) is 1.00. The molecule has 1 rings (SSSR count). The number of benzene rings is 1. The van der Waals surface area contributed by atoms with Gasteiger partial charge in [0, 0.05) is 11.5 Å². The van der Waals surface area contributed by atoms with Crippen molar-refractivity contribution in [1.82, 2.24) is 5.32 Å². The summed E-state index contributed by atoms with van der Waals surface area (Å²) in [6, 6.07) is 9.61. The fraction of sp³-hybridized carbons (Fsp3) is 0.462. The summed E-state index contributed by atoms with van der Waals surface area (Å²) in [4.78, 5) is 11.8. The Bertz CT molecular complexity index is 412. The highest BCUT2D eigenvalue weighted by atomic mass is 35.6. The lowest BCUT2D eigenvalue weighted by Crippen LogP contribution is -2.39. The summed E-state index contributed by atoms with van der Waals surface area (Å²) >= 11 is 18.3. The Balaban J connectivity index is 2.33. The number of carbonyl (C=O) groups is 1. The van der Waals surface area contributed by atoms with E-state index in [2.05, 4.69) is 5.32 Å². The smallest absolute Gasteiger partial charge is 0.324 e. The number of alkyl halides is 3. The van der Waals surface area contributed by atoms with Crippen LogP contribution in [-0.4, -0.2) is 35.2 Å². The van der Waals surface area contributed by atoms with Crippen molar-refractivity contribution in [2.24, 2.45) is 0 Å². The molecule has 1 atom stereocenters. The Morgan fingerprint density at radius 3 is 2.55 bits per heavy atom. The van der Waals surface area contributed by atoms with Crippen LogP contribution < -0.4 is 5.32 Å². The van der Waals surface area contributed by atoms with Crippen LogP contribution in [0.5, 0.6) is 0 Å². The van der Waals surface area contributed by atoms with Gasteiger partial charge in [-0.2, -0.15) is 11.8 Å². The summed E-state index contributed by atoms with van der Waals surface area (Å²) in [5.41, 5.74) is 1.21. The van der Waals surface area contributed by atoms with Gasteiger partial charge in [-0.3, -0.25) is 4.79 Å². The molecule has 3 nitrogen and oxygen atoms in total. The predicted molar refractivity (Wildman–Crippen MR) is 86.7 cm³/mol. The molecule has 0 aromatic heterocycles. The van der Waals surface area contributed by atoms with Crippen LogP contribution in [0.25, 0.3) is 0 Å². The van der Waals surface area contributed by atoms with Crippen molar-refractivity contribution < 1.29 is 9.53 Å². The average molecular weight is 357 g/mol. The standard InChI is InChI=1S/C13H16Cl3NO2S/c1-17-11(12(18)19-9-13(14,15)16)8-20-7-10-5-3-2-4-6-10/h2-6,11,17H,7-9H2,1H3/t11-/m0/s1. The molecule has 1 N–H and O–H groups in total. The van der Waals surface area contributed by atoms with Crippen LogP contribution in [0.4, 0.5) is 0 Å². The molecule has 1 aromatic rings. The quantitative estimate of drug-likeness (QED) is 0.600. The van der Waals surface area contributed by atoms with Gasteiger partial charge in [-0.1, -0.05) is 65.1 Å². The van der Waals surface area contributed by atoms with Crippen LogP contribution in [-0.2, 0) is 15.3 Å². The van der Waals surface area contributed by atoms with Gasteiger partial charge in [0.2, 0.25) is 3.79 Å². The SMILES string of the molecule is CN[C@@H](CSCc1ccccc1)C(=O)OCC(Cl)(Cl)Cl. The van der Waals surface area contributed by atoms with Crippen molar-refractivity contribution >= 4 is 52.5 Å². The number of nitrogens with one attached hydrogen (secondary N) is 1. The highest BCUT2D eigenvalue weighted by molar-refractivity contribution is 7.98. The lowest BCUT2D eigenvalue weighted by molar-refractivity contribution is -0.145. The molecule has 112 valence electrons. The monoisotopic (exact) mass is 355 g/mol. The zero-order valence-electron chi connectivity index (χ0n) is 10.9. The van der Waals surface area contributed by atoms with Gasteiger partial charge in [0.25, 0.3) is 0 Å². The summed E-state index contributed by atoms with van der Waals surface area (Å²) in [6.07, 6.45) is 0. The van der Waals surface area contributed by atoms with E-state index in [1.807, 2.05) is 30.3 Å². The topological polar surface area (TPSA) is 38.3 Å². The molecule has 0 saturated heterocycles. The lowest BCUT2D eigenvalue weighted by Gasteiger charge is -2.17. The number of likely N-dealkylation sites (N-methyl/N-ethyl adjacent to an activating group) is 1. The minimum absolute atomic E-state index is 0.252. The van der Waals surface area contributed by atoms with Crippen LogP contribution in [0.2, 0.25) is 0 Å². The van der Waals surface area contributed by atoms with E-state index in [4.69, 9.17) is 39.5 Å². The van der Waals surface area contributed by atoms with Crippen molar-refractivity contribution in [3.8, 4) is 0 Å². The fourth-order valence-electron chi connectivity index (χ4n) is 1.39. The molecule has 0 spiro atoms. The first-order chi connectivity index (χ1) is 9.42. The second-order valence-corrected chi connectivity index (χ2v) is 7.61. The van der Waals surface area contributed by atoms with E-state index in [9.17, 15) is 4.79 Å². The molecular weight excluding hydrogens is 341 g/mol. The molecule has 0 radical (unpaired) electrons. The summed E-state index contributed by atoms with van der Waals surface area (Å²) in [6.45, 7) is -0.252. The molecule has 0 fully saturated rings. The zero-order valence-corrected chi connectivity index (χ0v) is 14.0. The third kappa shape index (κ3) is 7.60. The number of hydrogen-bond acceptors (Lipinski definition) is 4. The van der Waals surface area contributed by atoms with Crippen LogP contribution >= 0.6 is 46.6 Å². The first kappa shape index (κ1) is 17.9. The van der Waals surface area contributed by atoms with Gasteiger partial charge in [-0.15, -0.1) is 0 Å². The minimum Gasteiger partial charge on any atom is -0.460 e. The van der Waals surface area contributed by atoms with E-state index in [1.54, 1.807) is 18.8 Å². The van der Waals surface area contributed by atoms with Gasteiger partial charge in [0.1, 0.15) is 12.6 Å². The average Bonchev–Trinajstić information content (AvgIpc) is 2.41. The highest BCUT2D eigenvalue weighted by Crippen LogP contribution is 2.26. The second-order valence-electron chi connectivity index (χ2n) is 4.06. The number of thioether (sulfide) groups is 1. The van der Waals surface area contributed by atoms with Gasteiger partial charge in [-0.25, -0.2) is 0 Å². The van der Waals surface area contributed by atoms with Gasteiger partial charge >= 0.3 is 5.97 Å². The first-order valence-corrected chi connectivity index (χ1v) is 8.23. The summed E-state index contributed by atoms with van der Waals surface area (Å²) in [5, 5.41) is 2.90. The van der Waals surface area contributed by atoms with Crippen molar-refractivity contribution in [3.05, 3.63) is 35.9 Å². The molecule has 0 aliphatic rings. The second kappa shape index (κ2) is 9.00. The largest absolute Gasteiger partial charge is 0.460 e.